The van der Waals surface area contributed by atoms with Gasteiger partial charge in [0.1, 0.15) is 0 Å². The molecule has 2 rings (SSSR count). The van der Waals surface area contributed by atoms with Crippen molar-refractivity contribution in [3.05, 3.63) is 0 Å². The molecule has 1 saturated heterocycles. The molecule has 0 aromatic rings. The summed E-state index contributed by atoms with van der Waals surface area (Å²) < 4.78 is 0. The lowest BCUT2D eigenvalue weighted by Crippen LogP contribution is -2.60. The van der Waals surface area contributed by atoms with Crippen molar-refractivity contribution < 1.29 is 0 Å². The fraction of sp³-hybridized carbons (Fsp3) is 1.00. The van der Waals surface area contributed by atoms with Crippen molar-refractivity contribution in [2.45, 2.75) is 57.5 Å². The van der Waals surface area contributed by atoms with Gasteiger partial charge in [0.2, 0.25) is 0 Å². The number of hydrogen-bond acceptors (Lipinski definition) is 3. The molecule has 0 amide bonds. The van der Waals surface area contributed by atoms with E-state index in [0.29, 0.717) is 5.54 Å². The molecule has 1 N–H and O–H groups in total. The molecule has 0 aromatic heterocycles. The predicted molar refractivity (Wildman–Crippen MR) is 77.9 cm³/mol. The Labute approximate surface area is 111 Å². The number of rotatable bonds is 5. The lowest BCUT2D eigenvalue weighted by Gasteiger charge is -2.44. The van der Waals surface area contributed by atoms with Gasteiger partial charge in [0.25, 0.3) is 0 Å². The van der Waals surface area contributed by atoms with Crippen LogP contribution in [0.1, 0.15) is 46.0 Å². The molecule has 17 heavy (non-hydrogen) atoms. The van der Waals surface area contributed by atoms with Crippen LogP contribution in [0.15, 0.2) is 0 Å². The summed E-state index contributed by atoms with van der Waals surface area (Å²) in [6.07, 6.45) is 7.02. The van der Waals surface area contributed by atoms with Crippen LogP contribution in [-0.4, -0.2) is 47.6 Å². The van der Waals surface area contributed by atoms with Crippen LogP contribution in [0.3, 0.4) is 0 Å². The summed E-state index contributed by atoms with van der Waals surface area (Å²) in [5, 5.41) is 3.80. The summed E-state index contributed by atoms with van der Waals surface area (Å²) in [7, 11) is 0. The van der Waals surface area contributed by atoms with Crippen molar-refractivity contribution in [1.29, 1.82) is 0 Å². The van der Waals surface area contributed by atoms with Crippen molar-refractivity contribution in [3.8, 4) is 0 Å². The molecule has 1 spiro atoms. The van der Waals surface area contributed by atoms with Gasteiger partial charge in [-0.2, -0.15) is 11.8 Å². The van der Waals surface area contributed by atoms with Gasteiger partial charge in [0.05, 0.1) is 0 Å². The van der Waals surface area contributed by atoms with Crippen LogP contribution in [0.25, 0.3) is 0 Å². The van der Waals surface area contributed by atoms with E-state index >= 15 is 0 Å². The van der Waals surface area contributed by atoms with Gasteiger partial charge in [0, 0.05) is 31.2 Å². The molecular formula is C14H28N2S. The molecule has 0 radical (unpaired) electrons. The maximum Gasteiger partial charge on any atom is 0.0309 e. The van der Waals surface area contributed by atoms with E-state index < -0.39 is 0 Å². The van der Waals surface area contributed by atoms with E-state index in [4.69, 9.17) is 0 Å². The Morgan fingerprint density at radius 1 is 1.35 bits per heavy atom. The molecule has 1 saturated carbocycles. The second-order valence-electron chi connectivity index (χ2n) is 5.72. The zero-order chi connectivity index (χ0) is 12.1. The van der Waals surface area contributed by atoms with Crippen molar-refractivity contribution in [2.75, 3.05) is 31.1 Å². The molecule has 1 atom stereocenters. The molecule has 2 nitrogen and oxygen atoms in total. The highest BCUT2D eigenvalue weighted by molar-refractivity contribution is 7.99. The maximum atomic E-state index is 3.80. The number of nitrogens with zero attached hydrogens (tertiary/aromatic N) is 1. The second-order valence-corrected chi connectivity index (χ2v) is 7.11. The molecular weight excluding hydrogens is 228 g/mol. The molecule has 1 aliphatic carbocycles. The van der Waals surface area contributed by atoms with Crippen LogP contribution in [0, 0.1) is 0 Å². The summed E-state index contributed by atoms with van der Waals surface area (Å²) in [5.74, 6) is 2.59. The van der Waals surface area contributed by atoms with Gasteiger partial charge in [-0.1, -0.05) is 19.8 Å². The zero-order valence-corrected chi connectivity index (χ0v) is 12.3. The van der Waals surface area contributed by atoms with Gasteiger partial charge in [-0.3, -0.25) is 4.90 Å². The smallest absolute Gasteiger partial charge is 0.0309 e. The highest BCUT2D eigenvalue weighted by Gasteiger charge is 2.38. The topological polar surface area (TPSA) is 15.3 Å². The highest BCUT2D eigenvalue weighted by atomic mass is 32.2. The SMILES string of the molecule is CCSCCC(C)N1CCNC2(CCCC2)C1. The molecule has 2 aliphatic rings. The Kier molecular flexibility index (Phi) is 5.19. The van der Waals surface area contributed by atoms with E-state index in [0.717, 1.165) is 6.04 Å². The molecule has 0 bridgehead atoms. The monoisotopic (exact) mass is 256 g/mol. The third-order valence-corrected chi connectivity index (χ3v) is 5.41. The first-order chi connectivity index (χ1) is 8.26. The van der Waals surface area contributed by atoms with E-state index in [-0.39, 0.29) is 0 Å². The lowest BCUT2D eigenvalue weighted by atomic mass is 9.93. The van der Waals surface area contributed by atoms with Crippen LogP contribution >= 0.6 is 11.8 Å². The Morgan fingerprint density at radius 2 is 2.12 bits per heavy atom. The van der Waals surface area contributed by atoms with Crippen LogP contribution in [0.4, 0.5) is 0 Å². The van der Waals surface area contributed by atoms with Crippen molar-refractivity contribution in [2.24, 2.45) is 0 Å². The van der Waals surface area contributed by atoms with Gasteiger partial charge in [-0.25, -0.2) is 0 Å². The number of hydrogen-bond donors (Lipinski definition) is 1. The van der Waals surface area contributed by atoms with E-state index in [1.807, 2.05) is 0 Å². The molecule has 0 aromatic carbocycles. The average molecular weight is 256 g/mol. The van der Waals surface area contributed by atoms with Crippen LogP contribution < -0.4 is 5.32 Å². The van der Waals surface area contributed by atoms with Gasteiger partial charge >= 0.3 is 0 Å². The first-order valence-corrected chi connectivity index (χ1v) is 8.48. The molecule has 3 heteroatoms. The quantitative estimate of drug-likeness (QED) is 0.762. The Balaban J connectivity index is 1.79. The van der Waals surface area contributed by atoms with Gasteiger partial charge in [-0.15, -0.1) is 0 Å². The first kappa shape index (κ1) is 13.7. The van der Waals surface area contributed by atoms with Crippen LogP contribution in [0.5, 0.6) is 0 Å². The minimum atomic E-state index is 0.490. The fourth-order valence-corrected chi connectivity index (χ4v) is 4.13. The lowest BCUT2D eigenvalue weighted by molar-refractivity contribution is 0.0993. The predicted octanol–water partition coefficient (Wildman–Crippen LogP) is 2.74. The Morgan fingerprint density at radius 3 is 2.82 bits per heavy atom. The highest BCUT2D eigenvalue weighted by Crippen LogP contribution is 2.32. The summed E-state index contributed by atoms with van der Waals surface area (Å²) in [4.78, 5) is 2.73. The summed E-state index contributed by atoms with van der Waals surface area (Å²) in [6.45, 7) is 8.42. The minimum absolute atomic E-state index is 0.490. The standard InChI is InChI=1S/C14H28N2S/c1-3-17-11-6-13(2)16-10-9-15-14(12-16)7-4-5-8-14/h13,15H,3-12H2,1-2H3. The largest absolute Gasteiger partial charge is 0.309 e. The third-order valence-electron chi connectivity index (χ3n) is 4.47. The van der Waals surface area contributed by atoms with Gasteiger partial charge in [-0.05, 0) is 37.7 Å². The van der Waals surface area contributed by atoms with Crippen LogP contribution in [-0.2, 0) is 0 Å². The second kappa shape index (κ2) is 6.44. The first-order valence-electron chi connectivity index (χ1n) is 7.32. The summed E-state index contributed by atoms with van der Waals surface area (Å²) in [6, 6.07) is 0.772. The van der Waals surface area contributed by atoms with Crippen molar-refractivity contribution in [3.63, 3.8) is 0 Å². The maximum absolute atomic E-state index is 3.80. The molecule has 1 unspecified atom stereocenters. The fourth-order valence-electron chi connectivity index (χ4n) is 3.33. The molecule has 1 aliphatic heterocycles. The van der Waals surface area contributed by atoms with Crippen LogP contribution in [0.2, 0.25) is 0 Å². The average Bonchev–Trinajstić information content (AvgIpc) is 2.77. The van der Waals surface area contributed by atoms with Gasteiger partial charge < -0.3 is 5.32 Å². The number of piperazine rings is 1. The Hall–Kier alpha value is 0.270. The van der Waals surface area contributed by atoms with Crippen molar-refractivity contribution in [1.82, 2.24) is 10.2 Å². The van der Waals surface area contributed by atoms with E-state index in [1.54, 1.807) is 0 Å². The normalized spacial score (nSPS) is 26.5. The summed E-state index contributed by atoms with van der Waals surface area (Å²) >= 11 is 2.08. The molecule has 100 valence electrons. The molecule has 2 fully saturated rings. The minimum Gasteiger partial charge on any atom is -0.309 e. The zero-order valence-electron chi connectivity index (χ0n) is 11.5. The molecule has 1 heterocycles. The number of nitrogens with one attached hydrogen (secondary N) is 1. The van der Waals surface area contributed by atoms with E-state index in [2.05, 4.69) is 35.8 Å². The van der Waals surface area contributed by atoms with Crippen molar-refractivity contribution >= 4 is 11.8 Å². The van der Waals surface area contributed by atoms with Gasteiger partial charge in [0.15, 0.2) is 0 Å². The summed E-state index contributed by atoms with van der Waals surface area (Å²) in [5.41, 5.74) is 0.490. The van der Waals surface area contributed by atoms with E-state index in [1.165, 1.54) is 63.2 Å². The third kappa shape index (κ3) is 3.62. The number of thioether (sulfide) groups is 1. The van der Waals surface area contributed by atoms with E-state index in [9.17, 15) is 0 Å². The Bertz CT molecular complexity index is 226.